The predicted molar refractivity (Wildman–Crippen MR) is 70.0 cm³/mol. The quantitative estimate of drug-likeness (QED) is 0.878. The van der Waals surface area contributed by atoms with Crippen molar-refractivity contribution in [2.24, 2.45) is 5.73 Å². The zero-order valence-corrected chi connectivity index (χ0v) is 10.7. The van der Waals surface area contributed by atoms with Crippen LogP contribution in [0.5, 0.6) is 0 Å². The van der Waals surface area contributed by atoms with Crippen LogP contribution in [0.4, 0.5) is 0 Å². The minimum atomic E-state index is -0.571. The topological polar surface area (TPSA) is 55.6 Å². The number of hydrogen-bond acceptors (Lipinski definition) is 3. The van der Waals surface area contributed by atoms with E-state index in [4.69, 9.17) is 10.5 Å². The highest BCUT2D eigenvalue weighted by Gasteiger charge is 2.29. The number of benzene rings is 1. The summed E-state index contributed by atoms with van der Waals surface area (Å²) in [4.78, 5) is 14.3. The van der Waals surface area contributed by atoms with Crippen molar-refractivity contribution in [3.63, 3.8) is 0 Å². The normalized spacial score (nSPS) is 21.7. The van der Waals surface area contributed by atoms with Crippen LogP contribution in [-0.4, -0.2) is 36.6 Å². The summed E-state index contributed by atoms with van der Waals surface area (Å²) in [6.45, 7) is 3.92. The average Bonchev–Trinajstić information content (AvgIpc) is 2.46. The van der Waals surface area contributed by atoms with Gasteiger partial charge >= 0.3 is 0 Å². The van der Waals surface area contributed by atoms with E-state index in [-0.39, 0.29) is 11.9 Å². The lowest BCUT2D eigenvalue weighted by Gasteiger charge is -2.36. The molecule has 98 valence electrons. The van der Waals surface area contributed by atoms with Gasteiger partial charge in [0.15, 0.2) is 0 Å². The van der Waals surface area contributed by atoms with Crippen molar-refractivity contribution >= 4 is 5.91 Å². The number of carbonyl (C=O) groups excluding carboxylic acids is 1. The van der Waals surface area contributed by atoms with Crippen LogP contribution in [0.1, 0.15) is 24.9 Å². The Bertz CT molecular complexity index is 394. The average molecular weight is 248 g/mol. The van der Waals surface area contributed by atoms with Crippen LogP contribution >= 0.6 is 0 Å². The maximum atomic E-state index is 12.4. The van der Waals surface area contributed by atoms with E-state index < -0.39 is 6.04 Å². The molecule has 1 heterocycles. The largest absolute Gasteiger partial charge is 0.377 e. The Labute approximate surface area is 108 Å². The molecule has 1 amide bonds. The van der Waals surface area contributed by atoms with Crippen LogP contribution in [0.3, 0.4) is 0 Å². The first-order valence-electron chi connectivity index (χ1n) is 6.42. The number of rotatable bonds is 3. The van der Waals surface area contributed by atoms with Crippen LogP contribution in [0.15, 0.2) is 30.3 Å². The van der Waals surface area contributed by atoms with Crippen molar-refractivity contribution in [2.75, 3.05) is 19.8 Å². The van der Waals surface area contributed by atoms with Crippen LogP contribution < -0.4 is 5.73 Å². The molecule has 2 N–H and O–H groups in total. The second kappa shape index (κ2) is 5.98. The van der Waals surface area contributed by atoms with Gasteiger partial charge in [-0.1, -0.05) is 37.3 Å². The summed E-state index contributed by atoms with van der Waals surface area (Å²) in [7, 11) is 0. The molecule has 0 radical (unpaired) electrons. The fraction of sp³-hybridized carbons (Fsp3) is 0.500. The Morgan fingerprint density at radius 1 is 1.50 bits per heavy atom. The van der Waals surface area contributed by atoms with Crippen molar-refractivity contribution < 1.29 is 9.53 Å². The van der Waals surface area contributed by atoms with Crippen molar-refractivity contribution in [3.8, 4) is 0 Å². The minimum Gasteiger partial charge on any atom is -0.377 e. The molecule has 1 unspecified atom stereocenters. The van der Waals surface area contributed by atoms with Crippen molar-refractivity contribution in [1.82, 2.24) is 4.90 Å². The highest BCUT2D eigenvalue weighted by Crippen LogP contribution is 2.18. The summed E-state index contributed by atoms with van der Waals surface area (Å²) in [5.74, 6) is -0.00338. The third-order valence-corrected chi connectivity index (χ3v) is 3.41. The molecule has 0 aromatic heterocycles. The standard InChI is InChI=1S/C14H20N2O2/c1-2-12-10-18-9-8-16(12)14(17)13(15)11-6-4-3-5-7-11/h3-7,12-13H,2,8-10,15H2,1H3/t12?,13-/m1/s1. The number of carbonyl (C=O) groups is 1. The van der Waals surface area contributed by atoms with Crippen molar-refractivity contribution in [3.05, 3.63) is 35.9 Å². The number of hydrogen-bond donors (Lipinski definition) is 1. The third-order valence-electron chi connectivity index (χ3n) is 3.41. The molecular weight excluding hydrogens is 228 g/mol. The maximum Gasteiger partial charge on any atom is 0.244 e. The van der Waals surface area contributed by atoms with Crippen molar-refractivity contribution in [2.45, 2.75) is 25.4 Å². The molecule has 1 aromatic rings. The van der Waals surface area contributed by atoms with Crippen LogP contribution in [-0.2, 0) is 9.53 Å². The number of morpholine rings is 1. The molecule has 0 bridgehead atoms. The zero-order valence-electron chi connectivity index (χ0n) is 10.7. The molecule has 0 saturated carbocycles. The molecule has 1 aromatic carbocycles. The van der Waals surface area contributed by atoms with E-state index in [1.165, 1.54) is 0 Å². The summed E-state index contributed by atoms with van der Waals surface area (Å²) >= 11 is 0. The molecule has 0 aliphatic carbocycles. The monoisotopic (exact) mass is 248 g/mol. The van der Waals surface area contributed by atoms with Gasteiger partial charge in [-0.05, 0) is 12.0 Å². The zero-order chi connectivity index (χ0) is 13.0. The van der Waals surface area contributed by atoms with Gasteiger partial charge in [0.25, 0.3) is 0 Å². The van der Waals surface area contributed by atoms with E-state index in [1.54, 1.807) is 0 Å². The lowest BCUT2D eigenvalue weighted by molar-refractivity contribution is -0.141. The van der Waals surface area contributed by atoms with Gasteiger partial charge in [-0.3, -0.25) is 4.79 Å². The van der Waals surface area contributed by atoms with Gasteiger partial charge in [0.2, 0.25) is 5.91 Å². The van der Waals surface area contributed by atoms with Gasteiger partial charge < -0.3 is 15.4 Å². The fourth-order valence-corrected chi connectivity index (χ4v) is 2.26. The molecule has 1 aliphatic heterocycles. The lowest BCUT2D eigenvalue weighted by atomic mass is 10.0. The minimum absolute atomic E-state index is 0.00338. The molecular formula is C14H20N2O2. The maximum absolute atomic E-state index is 12.4. The number of nitrogens with zero attached hydrogens (tertiary/aromatic N) is 1. The Kier molecular flexibility index (Phi) is 4.33. The van der Waals surface area contributed by atoms with E-state index in [2.05, 4.69) is 6.92 Å². The first-order valence-corrected chi connectivity index (χ1v) is 6.42. The summed E-state index contributed by atoms with van der Waals surface area (Å²) in [6, 6.07) is 9.09. The Morgan fingerprint density at radius 2 is 2.22 bits per heavy atom. The predicted octanol–water partition coefficient (Wildman–Crippen LogP) is 1.32. The molecule has 1 aliphatic rings. The van der Waals surface area contributed by atoms with E-state index in [1.807, 2.05) is 35.2 Å². The summed E-state index contributed by atoms with van der Waals surface area (Å²) < 4.78 is 5.40. The fourth-order valence-electron chi connectivity index (χ4n) is 2.26. The molecule has 1 saturated heterocycles. The summed E-state index contributed by atoms with van der Waals surface area (Å²) in [5.41, 5.74) is 6.92. The van der Waals surface area contributed by atoms with Gasteiger partial charge in [-0.15, -0.1) is 0 Å². The summed E-state index contributed by atoms with van der Waals surface area (Å²) in [6.07, 6.45) is 0.896. The van der Waals surface area contributed by atoms with Crippen LogP contribution in [0, 0.1) is 0 Å². The van der Waals surface area contributed by atoms with Crippen LogP contribution in [0.25, 0.3) is 0 Å². The lowest BCUT2D eigenvalue weighted by Crippen LogP contribution is -2.51. The third kappa shape index (κ3) is 2.71. The first-order chi connectivity index (χ1) is 8.74. The smallest absolute Gasteiger partial charge is 0.244 e. The van der Waals surface area contributed by atoms with E-state index >= 15 is 0 Å². The molecule has 1 fully saturated rings. The Hall–Kier alpha value is -1.39. The molecule has 2 rings (SSSR count). The SMILES string of the molecule is CCC1COCCN1C(=O)[C@H](N)c1ccccc1. The number of nitrogens with two attached hydrogens (primary N) is 1. The molecule has 0 spiro atoms. The van der Waals surface area contributed by atoms with E-state index in [9.17, 15) is 4.79 Å². The number of amides is 1. The molecule has 4 nitrogen and oxygen atoms in total. The number of ether oxygens (including phenoxy) is 1. The molecule has 18 heavy (non-hydrogen) atoms. The second-order valence-electron chi connectivity index (χ2n) is 4.56. The highest BCUT2D eigenvalue weighted by atomic mass is 16.5. The highest BCUT2D eigenvalue weighted by molar-refractivity contribution is 5.83. The van der Waals surface area contributed by atoms with Gasteiger partial charge in [-0.25, -0.2) is 0 Å². The van der Waals surface area contributed by atoms with Gasteiger partial charge in [0.1, 0.15) is 6.04 Å². The van der Waals surface area contributed by atoms with E-state index in [0.29, 0.717) is 19.8 Å². The Balaban J connectivity index is 2.10. The first kappa shape index (κ1) is 13.1. The second-order valence-corrected chi connectivity index (χ2v) is 4.56. The summed E-state index contributed by atoms with van der Waals surface area (Å²) in [5, 5.41) is 0. The van der Waals surface area contributed by atoms with Crippen molar-refractivity contribution in [1.29, 1.82) is 0 Å². The van der Waals surface area contributed by atoms with Crippen LogP contribution in [0.2, 0.25) is 0 Å². The Morgan fingerprint density at radius 3 is 2.89 bits per heavy atom. The van der Waals surface area contributed by atoms with Gasteiger partial charge in [-0.2, -0.15) is 0 Å². The molecule has 2 atom stereocenters. The van der Waals surface area contributed by atoms with Gasteiger partial charge in [0, 0.05) is 6.54 Å². The molecule has 4 heteroatoms. The van der Waals surface area contributed by atoms with E-state index in [0.717, 1.165) is 12.0 Å². The van der Waals surface area contributed by atoms with Gasteiger partial charge in [0.05, 0.1) is 19.3 Å².